The van der Waals surface area contributed by atoms with Gasteiger partial charge in [-0.15, -0.1) is 0 Å². The molecule has 0 saturated heterocycles. The quantitative estimate of drug-likeness (QED) is 0.727. The molecule has 2 rings (SSSR count). The molecule has 3 nitrogen and oxygen atoms in total. The minimum Gasteiger partial charge on any atom is -0.454 e. The number of halogens is 1. The van der Waals surface area contributed by atoms with E-state index in [1.54, 1.807) is 12.1 Å². The van der Waals surface area contributed by atoms with Crippen molar-refractivity contribution in [1.82, 2.24) is 0 Å². The van der Waals surface area contributed by atoms with Crippen LogP contribution in [-0.2, 0) is 10.2 Å². The standard InChI is InChI=1S/C11H11ClO3/c1-11(2,5-13)7-3-8(12)10-9(4-7)14-6-15-10/h3-5H,6H2,1-2H3. The summed E-state index contributed by atoms with van der Waals surface area (Å²) in [6, 6.07) is 3.53. The molecule has 80 valence electrons. The Labute approximate surface area is 92.9 Å². The van der Waals surface area contributed by atoms with Crippen molar-refractivity contribution in [2.45, 2.75) is 19.3 Å². The summed E-state index contributed by atoms with van der Waals surface area (Å²) in [5.74, 6) is 1.16. The van der Waals surface area contributed by atoms with E-state index in [0.717, 1.165) is 11.8 Å². The summed E-state index contributed by atoms with van der Waals surface area (Å²) in [5.41, 5.74) is 0.261. The van der Waals surface area contributed by atoms with Gasteiger partial charge in [-0.2, -0.15) is 0 Å². The summed E-state index contributed by atoms with van der Waals surface area (Å²) in [4.78, 5) is 10.9. The van der Waals surface area contributed by atoms with E-state index in [2.05, 4.69) is 0 Å². The van der Waals surface area contributed by atoms with Gasteiger partial charge >= 0.3 is 0 Å². The molecule has 0 amide bonds. The molecule has 0 radical (unpaired) electrons. The van der Waals surface area contributed by atoms with Crippen molar-refractivity contribution in [3.8, 4) is 11.5 Å². The van der Waals surface area contributed by atoms with Gasteiger partial charge in [-0.25, -0.2) is 0 Å². The molecule has 0 bridgehead atoms. The molecular weight excluding hydrogens is 216 g/mol. The zero-order valence-corrected chi connectivity index (χ0v) is 9.30. The summed E-state index contributed by atoms with van der Waals surface area (Å²) in [6.07, 6.45) is 0.890. The van der Waals surface area contributed by atoms with Crippen molar-refractivity contribution >= 4 is 17.9 Å². The maximum absolute atomic E-state index is 10.9. The minimum absolute atomic E-state index is 0.181. The van der Waals surface area contributed by atoms with Crippen molar-refractivity contribution in [2.24, 2.45) is 0 Å². The molecule has 1 heterocycles. The van der Waals surface area contributed by atoms with Crippen LogP contribution >= 0.6 is 11.6 Å². The average Bonchev–Trinajstić information content (AvgIpc) is 2.66. The van der Waals surface area contributed by atoms with Crippen LogP contribution in [0.15, 0.2) is 12.1 Å². The number of carbonyl (C=O) groups excluding carboxylic acids is 1. The highest BCUT2D eigenvalue weighted by Gasteiger charge is 2.25. The van der Waals surface area contributed by atoms with Crippen LogP contribution in [0.5, 0.6) is 11.5 Å². The van der Waals surface area contributed by atoms with Gasteiger partial charge in [-0.05, 0) is 31.5 Å². The second kappa shape index (κ2) is 3.42. The van der Waals surface area contributed by atoms with Gasteiger partial charge in [0.15, 0.2) is 11.5 Å². The molecule has 15 heavy (non-hydrogen) atoms. The van der Waals surface area contributed by atoms with E-state index in [1.807, 2.05) is 13.8 Å². The number of aldehydes is 1. The molecule has 0 atom stereocenters. The zero-order chi connectivity index (χ0) is 11.1. The van der Waals surface area contributed by atoms with Gasteiger partial charge < -0.3 is 14.3 Å². The van der Waals surface area contributed by atoms with Gasteiger partial charge in [0.05, 0.1) is 5.02 Å². The predicted molar refractivity (Wildman–Crippen MR) is 56.7 cm³/mol. The molecule has 1 aliphatic rings. The fourth-order valence-corrected chi connectivity index (χ4v) is 1.67. The van der Waals surface area contributed by atoms with Gasteiger partial charge in [-0.1, -0.05) is 11.6 Å². The molecule has 1 aliphatic heterocycles. The molecule has 0 saturated carbocycles. The Balaban J connectivity index is 2.53. The highest BCUT2D eigenvalue weighted by Crippen LogP contribution is 2.41. The fraction of sp³-hybridized carbons (Fsp3) is 0.364. The first-order chi connectivity index (χ1) is 7.04. The fourth-order valence-electron chi connectivity index (χ4n) is 1.41. The van der Waals surface area contributed by atoms with E-state index < -0.39 is 5.41 Å². The van der Waals surface area contributed by atoms with E-state index in [-0.39, 0.29) is 6.79 Å². The van der Waals surface area contributed by atoms with Crippen molar-refractivity contribution in [3.05, 3.63) is 22.7 Å². The van der Waals surface area contributed by atoms with Crippen LogP contribution in [0.2, 0.25) is 5.02 Å². The number of rotatable bonds is 2. The van der Waals surface area contributed by atoms with Crippen LogP contribution in [0.25, 0.3) is 0 Å². The number of fused-ring (bicyclic) bond motifs is 1. The lowest BCUT2D eigenvalue weighted by Gasteiger charge is -2.18. The Bertz CT molecular complexity index is 413. The van der Waals surface area contributed by atoms with Gasteiger partial charge in [0.2, 0.25) is 6.79 Å². The third-order valence-corrected chi connectivity index (χ3v) is 2.75. The van der Waals surface area contributed by atoms with Gasteiger partial charge in [0.25, 0.3) is 0 Å². The third kappa shape index (κ3) is 1.67. The molecular formula is C11H11ClO3. The normalized spacial score (nSPS) is 14.1. The number of hydrogen-bond donors (Lipinski definition) is 0. The van der Waals surface area contributed by atoms with E-state index in [9.17, 15) is 4.79 Å². The molecule has 4 heteroatoms. The lowest BCUT2D eigenvalue weighted by atomic mass is 9.86. The molecule has 0 spiro atoms. The molecule has 0 aliphatic carbocycles. The first-order valence-electron chi connectivity index (χ1n) is 4.60. The summed E-state index contributed by atoms with van der Waals surface area (Å²) >= 11 is 6.02. The van der Waals surface area contributed by atoms with Gasteiger partial charge in [-0.3, -0.25) is 0 Å². The van der Waals surface area contributed by atoms with Crippen LogP contribution in [-0.4, -0.2) is 13.1 Å². The molecule has 0 aromatic heterocycles. The highest BCUT2D eigenvalue weighted by molar-refractivity contribution is 6.32. The summed E-state index contributed by atoms with van der Waals surface area (Å²) in [5, 5.41) is 0.481. The van der Waals surface area contributed by atoms with Crippen molar-refractivity contribution in [2.75, 3.05) is 6.79 Å². The van der Waals surface area contributed by atoms with Crippen LogP contribution < -0.4 is 9.47 Å². The average molecular weight is 227 g/mol. The molecule has 0 fully saturated rings. The smallest absolute Gasteiger partial charge is 0.231 e. The first kappa shape index (κ1) is 10.3. The SMILES string of the molecule is CC(C)(C=O)c1cc(Cl)c2c(c1)OCO2. The number of ether oxygens (including phenoxy) is 2. The number of carbonyl (C=O) groups is 1. The third-order valence-electron chi connectivity index (χ3n) is 2.47. The zero-order valence-electron chi connectivity index (χ0n) is 8.54. The largest absolute Gasteiger partial charge is 0.454 e. The topological polar surface area (TPSA) is 35.5 Å². The molecule has 1 aromatic carbocycles. The Morgan fingerprint density at radius 2 is 2.13 bits per heavy atom. The van der Waals surface area contributed by atoms with E-state index in [4.69, 9.17) is 21.1 Å². The summed E-state index contributed by atoms with van der Waals surface area (Å²) in [6.45, 7) is 3.84. The minimum atomic E-state index is -0.565. The van der Waals surface area contributed by atoms with E-state index >= 15 is 0 Å². The van der Waals surface area contributed by atoms with Gasteiger partial charge in [0, 0.05) is 5.41 Å². The number of hydrogen-bond acceptors (Lipinski definition) is 3. The second-order valence-electron chi connectivity index (χ2n) is 4.03. The predicted octanol–water partition coefficient (Wildman–Crippen LogP) is 2.55. The summed E-state index contributed by atoms with van der Waals surface area (Å²) in [7, 11) is 0. The van der Waals surface area contributed by atoms with Gasteiger partial charge in [0.1, 0.15) is 6.29 Å². The monoisotopic (exact) mass is 226 g/mol. The Morgan fingerprint density at radius 1 is 1.40 bits per heavy atom. The maximum Gasteiger partial charge on any atom is 0.231 e. The highest BCUT2D eigenvalue weighted by atomic mass is 35.5. The molecule has 1 aromatic rings. The molecule has 0 unspecified atom stereocenters. The maximum atomic E-state index is 10.9. The van der Waals surface area contributed by atoms with E-state index in [1.165, 1.54) is 0 Å². The molecule has 0 N–H and O–H groups in total. The Kier molecular flexibility index (Phi) is 2.35. The Morgan fingerprint density at radius 3 is 2.80 bits per heavy atom. The second-order valence-corrected chi connectivity index (χ2v) is 4.44. The van der Waals surface area contributed by atoms with Crippen LogP contribution in [0, 0.1) is 0 Å². The van der Waals surface area contributed by atoms with Crippen molar-refractivity contribution in [1.29, 1.82) is 0 Å². The Hall–Kier alpha value is -1.22. The van der Waals surface area contributed by atoms with Crippen molar-refractivity contribution < 1.29 is 14.3 Å². The van der Waals surface area contributed by atoms with Crippen LogP contribution in [0.1, 0.15) is 19.4 Å². The lowest BCUT2D eigenvalue weighted by molar-refractivity contribution is -0.111. The summed E-state index contributed by atoms with van der Waals surface area (Å²) < 4.78 is 10.4. The first-order valence-corrected chi connectivity index (χ1v) is 4.98. The van der Waals surface area contributed by atoms with Crippen LogP contribution in [0.3, 0.4) is 0 Å². The number of benzene rings is 1. The van der Waals surface area contributed by atoms with Crippen LogP contribution in [0.4, 0.5) is 0 Å². The van der Waals surface area contributed by atoms with Crippen molar-refractivity contribution in [3.63, 3.8) is 0 Å². The van der Waals surface area contributed by atoms with E-state index in [0.29, 0.717) is 16.5 Å². The lowest BCUT2D eigenvalue weighted by Crippen LogP contribution is -2.18.